The third-order valence-corrected chi connectivity index (χ3v) is 3.61. The lowest BCUT2D eigenvalue weighted by molar-refractivity contribution is -0.148. The summed E-state index contributed by atoms with van der Waals surface area (Å²) in [6.45, 7) is 7.32. The highest BCUT2D eigenvalue weighted by Crippen LogP contribution is 2.35. The average Bonchev–Trinajstić information content (AvgIpc) is 2.66. The zero-order valence-corrected chi connectivity index (χ0v) is 11.6. The number of rotatable bonds is 6. The highest BCUT2D eigenvalue weighted by molar-refractivity contribution is 5.90. The molecular formula is C15H22N2O2. The van der Waals surface area contributed by atoms with E-state index >= 15 is 0 Å². The van der Waals surface area contributed by atoms with Crippen LogP contribution in [0.5, 0.6) is 0 Å². The van der Waals surface area contributed by atoms with Crippen LogP contribution in [0.1, 0.15) is 39.0 Å². The molecule has 104 valence electrons. The van der Waals surface area contributed by atoms with Gasteiger partial charge in [-0.05, 0) is 18.9 Å². The van der Waals surface area contributed by atoms with Crippen molar-refractivity contribution >= 4 is 12.2 Å². The van der Waals surface area contributed by atoms with Gasteiger partial charge in [-0.2, -0.15) is 0 Å². The fraction of sp³-hybridized carbons (Fsp3) is 0.600. The van der Waals surface area contributed by atoms with Gasteiger partial charge in [-0.1, -0.05) is 26.3 Å². The third-order valence-electron chi connectivity index (χ3n) is 3.61. The van der Waals surface area contributed by atoms with Crippen molar-refractivity contribution in [2.24, 2.45) is 4.99 Å². The summed E-state index contributed by atoms with van der Waals surface area (Å²) < 4.78 is 5.64. The number of cyclic esters (lactones) is 1. The van der Waals surface area contributed by atoms with Gasteiger partial charge in [0.2, 0.25) is 0 Å². The number of hydrogen-bond donors (Lipinski definition) is 0. The Kier molecular flexibility index (Phi) is 4.40. The molecule has 4 heteroatoms. The van der Waals surface area contributed by atoms with Crippen molar-refractivity contribution in [1.82, 2.24) is 4.90 Å². The number of ether oxygens (including phenoxy) is 1. The maximum absolute atomic E-state index is 11.7. The molecule has 0 aliphatic carbocycles. The Morgan fingerprint density at radius 3 is 2.95 bits per heavy atom. The Hall–Kier alpha value is -1.58. The van der Waals surface area contributed by atoms with Crippen LogP contribution in [0.3, 0.4) is 0 Å². The van der Waals surface area contributed by atoms with Gasteiger partial charge in [0.25, 0.3) is 0 Å². The van der Waals surface area contributed by atoms with E-state index < -0.39 is 5.60 Å². The molecule has 4 nitrogen and oxygen atoms in total. The van der Waals surface area contributed by atoms with Crippen LogP contribution in [0, 0.1) is 0 Å². The lowest BCUT2D eigenvalue weighted by atomic mass is 9.91. The molecule has 2 aliphatic heterocycles. The number of unbranched alkanes of at least 4 members (excludes halogenated alkanes) is 2. The summed E-state index contributed by atoms with van der Waals surface area (Å²) in [4.78, 5) is 18.0. The van der Waals surface area contributed by atoms with Crippen LogP contribution in [0.15, 0.2) is 29.4 Å². The summed E-state index contributed by atoms with van der Waals surface area (Å²) in [5, 5.41) is 0. The van der Waals surface area contributed by atoms with Crippen molar-refractivity contribution in [1.29, 1.82) is 0 Å². The quantitative estimate of drug-likeness (QED) is 0.420. The van der Waals surface area contributed by atoms with Crippen molar-refractivity contribution in [3.63, 3.8) is 0 Å². The summed E-state index contributed by atoms with van der Waals surface area (Å²) in [6, 6.07) is 0. The van der Waals surface area contributed by atoms with E-state index in [1.165, 1.54) is 12.8 Å². The van der Waals surface area contributed by atoms with E-state index in [2.05, 4.69) is 23.4 Å². The highest BCUT2D eigenvalue weighted by atomic mass is 16.6. The first kappa shape index (κ1) is 13.8. The molecule has 0 radical (unpaired) electrons. The minimum absolute atomic E-state index is 0.235. The van der Waals surface area contributed by atoms with Gasteiger partial charge in [-0.3, -0.25) is 4.99 Å². The van der Waals surface area contributed by atoms with E-state index in [0.29, 0.717) is 25.2 Å². The molecule has 1 fully saturated rings. The molecule has 1 saturated heterocycles. The lowest BCUT2D eigenvalue weighted by Crippen LogP contribution is -2.41. The molecule has 0 saturated carbocycles. The van der Waals surface area contributed by atoms with Crippen LogP contribution in [-0.2, 0) is 9.53 Å². The second-order valence-corrected chi connectivity index (χ2v) is 5.37. The van der Waals surface area contributed by atoms with Crippen LogP contribution in [0.2, 0.25) is 0 Å². The topological polar surface area (TPSA) is 41.9 Å². The first-order valence-electron chi connectivity index (χ1n) is 6.97. The molecule has 0 amide bonds. The summed E-state index contributed by atoms with van der Waals surface area (Å²) in [6.07, 6.45) is 10.7. The predicted octanol–water partition coefficient (Wildman–Crippen LogP) is 2.67. The minimum Gasteiger partial charge on any atom is -0.453 e. The summed E-state index contributed by atoms with van der Waals surface area (Å²) in [5.74, 6) is -0.235. The van der Waals surface area contributed by atoms with E-state index in [1.54, 1.807) is 6.21 Å². The monoisotopic (exact) mass is 262 g/mol. The smallest absolute Gasteiger partial charge is 0.334 e. The fourth-order valence-corrected chi connectivity index (χ4v) is 2.66. The summed E-state index contributed by atoms with van der Waals surface area (Å²) in [7, 11) is 0. The van der Waals surface area contributed by atoms with E-state index in [1.807, 2.05) is 12.3 Å². The number of nitrogens with zero attached hydrogens (tertiary/aromatic N) is 2. The molecule has 2 heterocycles. The number of hydrogen-bond acceptors (Lipinski definition) is 4. The van der Waals surface area contributed by atoms with Gasteiger partial charge in [0.05, 0.1) is 6.54 Å². The molecule has 2 rings (SSSR count). The molecule has 1 atom stereocenters. The van der Waals surface area contributed by atoms with Crippen molar-refractivity contribution in [3.05, 3.63) is 24.4 Å². The number of carbonyl (C=O) groups excluding carboxylic acids is 1. The predicted molar refractivity (Wildman–Crippen MR) is 75.9 cm³/mol. The second-order valence-electron chi connectivity index (χ2n) is 5.37. The van der Waals surface area contributed by atoms with Crippen LogP contribution in [0.4, 0.5) is 0 Å². The van der Waals surface area contributed by atoms with Crippen LogP contribution in [0.25, 0.3) is 0 Å². The van der Waals surface area contributed by atoms with E-state index in [9.17, 15) is 4.79 Å². The number of allylic oxidation sites excluding steroid dienone is 1. The largest absolute Gasteiger partial charge is 0.453 e. The van der Waals surface area contributed by atoms with Gasteiger partial charge in [0.1, 0.15) is 12.3 Å². The minimum atomic E-state index is -0.402. The van der Waals surface area contributed by atoms with Gasteiger partial charge in [-0.15, -0.1) is 0 Å². The van der Waals surface area contributed by atoms with Crippen molar-refractivity contribution in [3.8, 4) is 0 Å². The SMILES string of the molecule is C=C1CC(CCCCC)(CN2C=CC=NC2)OC1=O. The van der Waals surface area contributed by atoms with Crippen molar-refractivity contribution in [2.75, 3.05) is 13.2 Å². The Morgan fingerprint density at radius 2 is 2.37 bits per heavy atom. The van der Waals surface area contributed by atoms with E-state index in [0.717, 1.165) is 12.8 Å². The van der Waals surface area contributed by atoms with Gasteiger partial charge in [-0.25, -0.2) is 4.79 Å². The molecule has 0 aromatic heterocycles. The Labute approximate surface area is 114 Å². The second kappa shape index (κ2) is 6.04. The number of aliphatic imine (C=N–C) groups is 1. The van der Waals surface area contributed by atoms with Crippen molar-refractivity contribution < 1.29 is 9.53 Å². The highest BCUT2D eigenvalue weighted by Gasteiger charge is 2.43. The Balaban J connectivity index is 2.01. The maximum Gasteiger partial charge on any atom is 0.334 e. The fourth-order valence-electron chi connectivity index (χ4n) is 2.66. The normalized spacial score (nSPS) is 26.1. The van der Waals surface area contributed by atoms with Gasteiger partial charge in [0.15, 0.2) is 0 Å². The summed E-state index contributed by atoms with van der Waals surface area (Å²) in [5.41, 5.74) is 0.196. The Bertz CT molecular complexity index is 396. The molecule has 19 heavy (non-hydrogen) atoms. The molecule has 0 bridgehead atoms. The molecule has 0 spiro atoms. The molecule has 2 aliphatic rings. The van der Waals surface area contributed by atoms with E-state index in [4.69, 9.17) is 4.74 Å². The zero-order chi connectivity index (χ0) is 13.7. The average molecular weight is 262 g/mol. The van der Waals surface area contributed by atoms with Crippen molar-refractivity contribution in [2.45, 2.75) is 44.6 Å². The van der Waals surface area contributed by atoms with Gasteiger partial charge < -0.3 is 9.64 Å². The van der Waals surface area contributed by atoms with Crippen LogP contribution >= 0.6 is 0 Å². The molecule has 1 unspecified atom stereocenters. The molecule has 0 aromatic carbocycles. The molecular weight excluding hydrogens is 240 g/mol. The van der Waals surface area contributed by atoms with Gasteiger partial charge in [0, 0.05) is 24.4 Å². The van der Waals surface area contributed by atoms with Crippen LogP contribution < -0.4 is 0 Å². The zero-order valence-electron chi connectivity index (χ0n) is 11.6. The first-order chi connectivity index (χ1) is 9.15. The van der Waals surface area contributed by atoms with Gasteiger partial charge >= 0.3 is 5.97 Å². The Morgan fingerprint density at radius 1 is 1.53 bits per heavy atom. The molecule has 0 N–H and O–H groups in total. The first-order valence-corrected chi connectivity index (χ1v) is 6.97. The molecule has 0 aromatic rings. The maximum atomic E-state index is 11.7. The van der Waals surface area contributed by atoms with Crippen LogP contribution in [-0.4, -0.2) is 35.9 Å². The lowest BCUT2D eigenvalue weighted by Gasteiger charge is -2.33. The number of esters is 1. The summed E-state index contributed by atoms with van der Waals surface area (Å²) >= 11 is 0. The third kappa shape index (κ3) is 3.46. The standard InChI is InChI=1S/C15H22N2O2/c1-3-4-5-7-15(10-13(2)14(18)19-15)11-17-9-6-8-16-12-17/h6,8-9H,2-5,7,10-12H2,1H3. The number of carbonyl (C=O) groups is 1. The van der Waals surface area contributed by atoms with E-state index in [-0.39, 0.29) is 5.97 Å².